The van der Waals surface area contributed by atoms with Crippen LogP contribution in [-0.2, 0) is 4.74 Å². The van der Waals surface area contributed by atoms with E-state index >= 15 is 0 Å². The fourth-order valence-electron chi connectivity index (χ4n) is 1.65. The van der Waals surface area contributed by atoms with Gasteiger partial charge in [-0.25, -0.2) is 10.6 Å². The van der Waals surface area contributed by atoms with E-state index in [1.807, 2.05) is 47.9 Å². The molecule has 18 heavy (non-hydrogen) atoms. The Bertz CT molecular complexity index is 537. The fraction of sp³-hybridized carbons (Fsp3) is 0.154. The van der Waals surface area contributed by atoms with E-state index < -0.39 is 6.09 Å². The molecule has 3 N–H and O–H groups in total. The van der Waals surface area contributed by atoms with Crippen molar-refractivity contribution < 1.29 is 14.3 Å². The van der Waals surface area contributed by atoms with E-state index in [9.17, 15) is 4.79 Å². The number of hydrogen-bond acceptors (Lipinski definition) is 4. The predicted octanol–water partition coefficient (Wildman–Crippen LogP) is 1.82. The van der Waals surface area contributed by atoms with Gasteiger partial charge in [0.25, 0.3) is 0 Å². The first kappa shape index (κ1) is 12.2. The summed E-state index contributed by atoms with van der Waals surface area (Å²) in [4.78, 5) is 10.7. The van der Waals surface area contributed by atoms with Crippen LogP contribution in [0.2, 0.25) is 0 Å². The van der Waals surface area contributed by atoms with Crippen molar-refractivity contribution in [2.45, 2.75) is 0 Å². The van der Waals surface area contributed by atoms with Crippen molar-refractivity contribution in [3.63, 3.8) is 0 Å². The van der Waals surface area contributed by atoms with Crippen LogP contribution < -0.4 is 16.0 Å². The smallest absolute Gasteiger partial charge is 0.421 e. The highest BCUT2D eigenvalue weighted by Crippen LogP contribution is 2.24. The number of nitrogens with two attached hydrogens (primary N) is 1. The molecule has 5 heteroatoms. The molecule has 0 aliphatic heterocycles. The van der Waals surface area contributed by atoms with E-state index in [2.05, 4.69) is 0 Å². The number of nitrogens with one attached hydrogen (secondary N) is 1. The Morgan fingerprint density at radius 2 is 1.89 bits per heavy atom. The number of hydrazine groups is 1. The summed E-state index contributed by atoms with van der Waals surface area (Å²) in [5, 5.41) is 2.14. The first-order valence-corrected chi connectivity index (χ1v) is 5.55. The molecule has 1 amide bonds. The largest absolute Gasteiger partial charge is 0.489 e. The van der Waals surface area contributed by atoms with Crippen LogP contribution in [0.15, 0.2) is 42.5 Å². The van der Waals surface area contributed by atoms with Crippen molar-refractivity contribution in [3.05, 3.63) is 42.5 Å². The van der Waals surface area contributed by atoms with Crippen molar-refractivity contribution in [2.24, 2.45) is 5.84 Å². The van der Waals surface area contributed by atoms with Crippen LogP contribution in [0.5, 0.6) is 5.75 Å². The zero-order chi connectivity index (χ0) is 12.8. The molecular formula is C13H14N2O3. The minimum atomic E-state index is -0.670. The molecule has 0 saturated carbocycles. The average molecular weight is 246 g/mol. The molecule has 0 aliphatic rings. The van der Waals surface area contributed by atoms with E-state index in [4.69, 9.17) is 15.3 Å². The molecule has 5 nitrogen and oxygen atoms in total. The molecule has 0 unspecified atom stereocenters. The number of amides is 1. The minimum Gasteiger partial charge on any atom is -0.489 e. The van der Waals surface area contributed by atoms with Crippen LogP contribution in [0.3, 0.4) is 0 Å². The molecule has 0 spiro atoms. The van der Waals surface area contributed by atoms with Crippen LogP contribution in [0.4, 0.5) is 4.79 Å². The number of benzene rings is 2. The molecular weight excluding hydrogens is 232 g/mol. The summed E-state index contributed by atoms with van der Waals surface area (Å²) in [6.07, 6.45) is -0.670. The van der Waals surface area contributed by atoms with Gasteiger partial charge >= 0.3 is 6.09 Å². The normalized spacial score (nSPS) is 10.1. The molecule has 0 fully saturated rings. The lowest BCUT2D eigenvalue weighted by Gasteiger charge is -2.09. The SMILES string of the molecule is NNC(=O)OCCOc1cccc2ccccc12. The number of carbonyl (C=O) groups is 1. The quantitative estimate of drug-likeness (QED) is 0.373. The van der Waals surface area contributed by atoms with E-state index in [0.29, 0.717) is 0 Å². The zero-order valence-electron chi connectivity index (χ0n) is 9.76. The summed E-state index contributed by atoms with van der Waals surface area (Å²) < 4.78 is 10.3. The highest BCUT2D eigenvalue weighted by molar-refractivity contribution is 5.88. The molecule has 0 heterocycles. The minimum absolute atomic E-state index is 0.145. The second kappa shape index (κ2) is 5.88. The Labute approximate surface area is 104 Å². The lowest BCUT2D eigenvalue weighted by atomic mass is 10.1. The van der Waals surface area contributed by atoms with Gasteiger partial charge in [0.05, 0.1) is 0 Å². The maximum absolute atomic E-state index is 10.7. The Morgan fingerprint density at radius 3 is 2.72 bits per heavy atom. The van der Waals surface area contributed by atoms with E-state index in [1.54, 1.807) is 0 Å². The number of ether oxygens (including phenoxy) is 2. The van der Waals surface area contributed by atoms with Crippen molar-refractivity contribution >= 4 is 16.9 Å². The Hall–Kier alpha value is -2.27. The van der Waals surface area contributed by atoms with Crippen molar-refractivity contribution in [1.29, 1.82) is 0 Å². The predicted molar refractivity (Wildman–Crippen MR) is 68.1 cm³/mol. The highest BCUT2D eigenvalue weighted by Gasteiger charge is 2.02. The molecule has 0 aliphatic carbocycles. The van der Waals surface area contributed by atoms with Crippen LogP contribution in [0.25, 0.3) is 10.8 Å². The molecule has 0 saturated heterocycles. The number of fused-ring (bicyclic) bond motifs is 1. The summed E-state index contributed by atoms with van der Waals surface area (Å²) in [5.74, 6) is 5.64. The average Bonchev–Trinajstić information content (AvgIpc) is 2.43. The molecule has 2 aromatic rings. The lowest BCUT2D eigenvalue weighted by Crippen LogP contribution is -2.31. The first-order valence-electron chi connectivity index (χ1n) is 5.55. The van der Waals surface area contributed by atoms with Crippen LogP contribution >= 0.6 is 0 Å². The van der Waals surface area contributed by atoms with Gasteiger partial charge in [0.1, 0.15) is 19.0 Å². The van der Waals surface area contributed by atoms with E-state index in [-0.39, 0.29) is 13.2 Å². The molecule has 2 rings (SSSR count). The van der Waals surface area contributed by atoms with Gasteiger partial charge in [-0.15, -0.1) is 0 Å². The first-order chi connectivity index (χ1) is 8.81. The molecule has 94 valence electrons. The standard InChI is InChI=1S/C13H14N2O3/c14-15-13(16)18-9-8-17-12-7-3-5-10-4-1-2-6-11(10)12/h1-7H,8-9,14H2,(H,15,16). The molecule has 0 bridgehead atoms. The van der Waals surface area contributed by atoms with Crippen LogP contribution in [-0.4, -0.2) is 19.3 Å². The van der Waals surface area contributed by atoms with Gasteiger partial charge in [-0.1, -0.05) is 36.4 Å². The van der Waals surface area contributed by atoms with Crippen LogP contribution in [0, 0.1) is 0 Å². The monoisotopic (exact) mass is 246 g/mol. The summed E-state index contributed by atoms with van der Waals surface area (Å²) in [7, 11) is 0. The Morgan fingerprint density at radius 1 is 1.11 bits per heavy atom. The van der Waals surface area contributed by atoms with Gasteiger partial charge in [-0.3, -0.25) is 5.43 Å². The number of rotatable bonds is 4. The Balaban J connectivity index is 1.97. The highest BCUT2D eigenvalue weighted by atomic mass is 16.6. The third-order valence-electron chi connectivity index (χ3n) is 2.44. The van der Waals surface area contributed by atoms with E-state index in [0.717, 1.165) is 16.5 Å². The van der Waals surface area contributed by atoms with Gasteiger partial charge in [0, 0.05) is 5.39 Å². The maximum Gasteiger partial charge on any atom is 0.421 e. The van der Waals surface area contributed by atoms with E-state index in [1.165, 1.54) is 0 Å². The molecule has 0 atom stereocenters. The van der Waals surface area contributed by atoms with Crippen LogP contribution in [0.1, 0.15) is 0 Å². The fourth-order valence-corrected chi connectivity index (χ4v) is 1.65. The van der Waals surface area contributed by atoms with Crippen molar-refractivity contribution in [1.82, 2.24) is 5.43 Å². The van der Waals surface area contributed by atoms with Gasteiger partial charge in [0.2, 0.25) is 0 Å². The van der Waals surface area contributed by atoms with Crippen molar-refractivity contribution in [2.75, 3.05) is 13.2 Å². The number of hydrogen-bond donors (Lipinski definition) is 2. The van der Waals surface area contributed by atoms with Gasteiger partial charge in [-0.2, -0.15) is 0 Å². The van der Waals surface area contributed by atoms with Gasteiger partial charge in [-0.05, 0) is 11.5 Å². The summed E-state index contributed by atoms with van der Waals surface area (Å²) in [5.41, 5.74) is 1.88. The lowest BCUT2D eigenvalue weighted by molar-refractivity contribution is 0.125. The van der Waals surface area contributed by atoms with Crippen molar-refractivity contribution in [3.8, 4) is 5.75 Å². The maximum atomic E-state index is 10.7. The summed E-state index contributed by atoms with van der Waals surface area (Å²) in [6, 6.07) is 13.7. The second-order valence-corrected chi connectivity index (χ2v) is 3.61. The summed E-state index contributed by atoms with van der Waals surface area (Å²) >= 11 is 0. The third kappa shape index (κ3) is 2.89. The topological polar surface area (TPSA) is 73.6 Å². The summed E-state index contributed by atoms with van der Waals surface area (Å²) in [6.45, 7) is 0.424. The Kier molecular flexibility index (Phi) is 3.98. The molecule has 0 radical (unpaired) electrons. The van der Waals surface area contributed by atoms with Gasteiger partial charge < -0.3 is 9.47 Å². The molecule has 0 aromatic heterocycles. The second-order valence-electron chi connectivity index (χ2n) is 3.61. The third-order valence-corrected chi connectivity index (χ3v) is 2.44. The zero-order valence-corrected chi connectivity index (χ0v) is 9.76. The van der Waals surface area contributed by atoms with Gasteiger partial charge in [0.15, 0.2) is 0 Å². The number of carbonyl (C=O) groups excluding carboxylic acids is 1. The molecule has 2 aromatic carbocycles.